The molecular weight excluding hydrogens is 468 g/mol. The maximum atomic E-state index is 9.69. The van der Waals surface area contributed by atoms with Crippen molar-refractivity contribution in [1.29, 1.82) is 5.26 Å². The van der Waals surface area contributed by atoms with Crippen molar-refractivity contribution in [2.24, 2.45) is 0 Å². The van der Waals surface area contributed by atoms with E-state index in [4.69, 9.17) is 52.1 Å². The Kier molecular flexibility index (Phi) is 5.74. The molecule has 2 unspecified atom stereocenters. The molecule has 29 heavy (non-hydrogen) atoms. The third-order valence-corrected chi connectivity index (χ3v) is 7.90. The molecule has 3 aromatic rings. The van der Waals surface area contributed by atoms with Crippen molar-refractivity contribution in [2.75, 3.05) is 12.8 Å². The van der Waals surface area contributed by atoms with Gasteiger partial charge in [0.15, 0.2) is 0 Å². The van der Waals surface area contributed by atoms with Gasteiger partial charge in [-0.25, -0.2) is 0 Å². The Labute approximate surface area is 193 Å². The predicted molar refractivity (Wildman–Crippen MR) is 122 cm³/mol. The van der Waals surface area contributed by atoms with Crippen LogP contribution in [0.15, 0.2) is 36.4 Å². The first-order valence-corrected chi connectivity index (χ1v) is 11.1. The third kappa shape index (κ3) is 3.61. The van der Waals surface area contributed by atoms with Crippen LogP contribution in [0.25, 0.3) is 0 Å². The monoisotopic (exact) mass is 481 g/mol. The van der Waals surface area contributed by atoms with Crippen LogP contribution in [0.2, 0.25) is 20.1 Å². The molecule has 0 fully saturated rings. The molecule has 0 saturated carbocycles. The second-order valence-corrected chi connectivity index (χ2v) is 9.64. The Bertz CT molecular complexity index is 1150. The predicted octanol–water partition coefficient (Wildman–Crippen LogP) is 7.13. The van der Waals surface area contributed by atoms with Crippen molar-refractivity contribution in [2.45, 2.75) is 18.5 Å². The fraction of sp³-hybridized carbons (Fsp3) is 0.190. The summed E-state index contributed by atoms with van der Waals surface area (Å²) < 4.78 is 0. The van der Waals surface area contributed by atoms with E-state index in [0.717, 1.165) is 21.6 Å². The zero-order chi connectivity index (χ0) is 20.9. The van der Waals surface area contributed by atoms with E-state index < -0.39 is 0 Å². The van der Waals surface area contributed by atoms with Gasteiger partial charge in [-0.2, -0.15) is 5.26 Å². The van der Waals surface area contributed by atoms with Crippen LogP contribution in [0.5, 0.6) is 0 Å². The molecule has 1 aliphatic heterocycles. The molecule has 0 bridgehead atoms. The van der Waals surface area contributed by atoms with Gasteiger partial charge in [-0.3, -0.25) is 4.90 Å². The number of hydrogen-bond acceptors (Lipinski definition) is 4. The molecule has 0 spiro atoms. The lowest BCUT2D eigenvalue weighted by Gasteiger charge is -2.40. The largest absolute Gasteiger partial charge is 0.389 e. The minimum Gasteiger partial charge on any atom is -0.389 e. The lowest BCUT2D eigenvalue weighted by atomic mass is 9.86. The second kappa shape index (κ2) is 8.00. The normalized spacial score (nSPS) is 19.0. The molecule has 2 N–H and O–H groups in total. The van der Waals surface area contributed by atoms with Gasteiger partial charge in [-0.05, 0) is 54.4 Å². The summed E-state index contributed by atoms with van der Waals surface area (Å²) in [6, 6.07) is 13.4. The van der Waals surface area contributed by atoms with Crippen molar-refractivity contribution in [3.63, 3.8) is 0 Å². The van der Waals surface area contributed by atoms with Crippen molar-refractivity contribution >= 4 is 62.7 Å². The quantitative estimate of drug-likeness (QED) is 0.422. The highest BCUT2D eigenvalue weighted by molar-refractivity contribution is 7.16. The maximum Gasteiger partial charge on any atom is 0.104 e. The SMILES string of the molecule is CN1C(c2ccc(Cl)c(Cl)c2)Cc2c(sc(N)c2C#N)C1c1ccc(Cl)c(Cl)c1. The molecule has 0 radical (unpaired) electrons. The number of nitrogens with zero attached hydrogens (tertiary/aromatic N) is 2. The molecule has 148 valence electrons. The summed E-state index contributed by atoms with van der Waals surface area (Å²) in [5, 5.41) is 12.2. The van der Waals surface area contributed by atoms with Crippen LogP contribution in [-0.4, -0.2) is 11.9 Å². The number of fused-ring (bicyclic) bond motifs is 1. The fourth-order valence-corrected chi connectivity index (χ4v) is 5.74. The Morgan fingerprint density at radius 2 is 1.59 bits per heavy atom. The summed E-state index contributed by atoms with van der Waals surface area (Å²) in [5.41, 5.74) is 9.72. The first-order chi connectivity index (χ1) is 13.8. The summed E-state index contributed by atoms with van der Waals surface area (Å²) in [7, 11) is 2.05. The van der Waals surface area contributed by atoms with Crippen LogP contribution in [0, 0.1) is 11.3 Å². The van der Waals surface area contributed by atoms with Gasteiger partial charge < -0.3 is 5.73 Å². The molecule has 4 rings (SSSR count). The highest BCUT2D eigenvalue weighted by Gasteiger charge is 2.38. The Morgan fingerprint density at radius 1 is 1.00 bits per heavy atom. The van der Waals surface area contributed by atoms with Gasteiger partial charge in [-0.15, -0.1) is 11.3 Å². The molecule has 2 atom stereocenters. The van der Waals surface area contributed by atoms with Gasteiger partial charge >= 0.3 is 0 Å². The van der Waals surface area contributed by atoms with Crippen LogP contribution in [-0.2, 0) is 6.42 Å². The summed E-state index contributed by atoms with van der Waals surface area (Å²) in [6.45, 7) is 0. The second-order valence-electron chi connectivity index (χ2n) is 6.93. The standard InChI is InChI=1S/C21H15Cl4N3S/c1-28-18(10-2-4-14(22)16(24)6-10)8-12-13(9-26)21(27)29-20(12)19(28)11-3-5-15(23)17(25)7-11/h2-7,18-19H,8,27H2,1H3. The maximum absolute atomic E-state index is 9.69. The molecule has 3 nitrogen and oxygen atoms in total. The topological polar surface area (TPSA) is 53.0 Å². The lowest BCUT2D eigenvalue weighted by Crippen LogP contribution is -2.35. The van der Waals surface area contributed by atoms with Gasteiger partial charge in [-0.1, -0.05) is 58.5 Å². The van der Waals surface area contributed by atoms with Crippen LogP contribution < -0.4 is 5.73 Å². The molecule has 8 heteroatoms. The average molecular weight is 483 g/mol. The molecule has 0 amide bonds. The van der Waals surface area contributed by atoms with E-state index in [0.29, 0.717) is 37.1 Å². The Hall–Kier alpha value is -1.45. The van der Waals surface area contributed by atoms with E-state index in [2.05, 4.69) is 11.0 Å². The summed E-state index contributed by atoms with van der Waals surface area (Å²) >= 11 is 26.3. The highest BCUT2D eigenvalue weighted by Crippen LogP contribution is 2.49. The zero-order valence-electron chi connectivity index (χ0n) is 15.2. The molecule has 0 saturated heterocycles. The number of nitriles is 1. The highest BCUT2D eigenvalue weighted by atomic mass is 35.5. The van der Waals surface area contributed by atoms with E-state index in [1.165, 1.54) is 11.3 Å². The summed E-state index contributed by atoms with van der Waals surface area (Å²) in [4.78, 5) is 3.30. The number of nitrogen functional groups attached to an aromatic ring is 1. The first-order valence-electron chi connectivity index (χ1n) is 8.74. The number of anilines is 1. The third-order valence-electron chi connectivity index (χ3n) is 5.31. The Balaban J connectivity index is 1.90. The number of rotatable bonds is 2. The number of nitrogens with two attached hydrogens (primary N) is 1. The summed E-state index contributed by atoms with van der Waals surface area (Å²) in [5.74, 6) is 0. The van der Waals surface area contributed by atoms with E-state index in [1.54, 1.807) is 12.1 Å². The van der Waals surface area contributed by atoms with E-state index in [-0.39, 0.29) is 12.1 Å². The number of hydrogen-bond donors (Lipinski definition) is 1. The van der Waals surface area contributed by atoms with Crippen molar-refractivity contribution in [1.82, 2.24) is 4.90 Å². The van der Waals surface area contributed by atoms with Gasteiger partial charge in [0.05, 0.1) is 31.7 Å². The van der Waals surface area contributed by atoms with Crippen molar-refractivity contribution in [3.05, 3.63) is 83.6 Å². The van der Waals surface area contributed by atoms with Crippen LogP contribution in [0.4, 0.5) is 5.00 Å². The molecule has 1 aliphatic rings. The number of benzene rings is 2. The number of likely N-dealkylation sites (N-methyl/N-ethyl adjacent to an activating group) is 1. The lowest BCUT2D eigenvalue weighted by molar-refractivity contribution is 0.184. The number of halogens is 4. The van der Waals surface area contributed by atoms with Gasteiger partial charge in [0, 0.05) is 10.9 Å². The van der Waals surface area contributed by atoms with Crippen LogP contribution in [0.3, 0.4) is 0 Å². The molecule has 1 aromatic heterocycles. The van der Waals surface area contributed by atoms with E-state index >= 15 is 0 Å². The minimum atomic E-state index is -0.123. The van der Waals surface area contributed by atoms with Crippen molar-refractivity contribution in [3.8, 4) is 6.07 Å². The molecule has 0 aliphatic carbocycles. The molecule has 2 aromatic carbocycles. The van der Waals surface area contributed by atoms with Gasteiger partial charge in [0.2, 0.25) is 0 Å². The molecular formula is C21H15Cl4N3S. The van der Waals surface area contributed by atoms with Crippen LogP contribution in [0.1, 0.15) is 39.2 Å². The average Bonchev–Trinajstić information content (AvgIpc) is 3.00. The smallest absolute Gasteiger partial charge is 0.104 e. The minimum absolute atomic E-state index is 0.0159. The fourth-order valence-electron chi connectivity index (χ4n) is 3.89. The van der Waals surface area contributed by atoms with E-state index in [1.807, 2.05) is 31.3 Å². The van der Waals surface area contributed by atoms with E-state index in [9.17, 15) is 5.26 Å². The number of thiophene rings is 1. The Morgan fingerprint density at radius 3 is 2.17 bits per heavy atom. The first kappa shape index (κ1) is 20.8. The summed E-state index contributed by atoms with van der Waals surface area (Å²) in [6.07, 6.45) is 0.651. The van der Waals surface area contributed by atoms with Crippen LogP contribution >= 0.6 is 57.7 Å². The zero-order valence-corrected chi connectivity index (χ0v) is 19.1. The van der Waals surface area contributed by atoms with Gasteiger partial charge in [0.1, 0.15) is 11.1 Å². The van der Waals surface area contributed by atoms with Gasteiger partial charge in [0.25, 0.3) is 0 Å². The molecule has 2 heterocycles. The van der Waals surface area contributed by atoms with Crippen molar-refractivity contribution < 1.29 is 0 Å².